The van der Waals surface area contributed by atoms with E-state index >= 15 is 0 Å². The normalized spacial score (nSPS) is 22.5. The number of hydrogen-bond acceptors (Lipinski definition) is 5. The van der Waals surface area contributed by atoms with Crippen molar-refractivity contribution in [1.29, 1.82) is 0 Å². The van der Waals surface area contributed by atoms with Crippen LogP contribution < -0.4 is 15.6 Å². The summed E-state index contributed by atoms with van der Waals surface area (Å²) in [6.45, 7) is 7.92. The second-order valence-corrected chi connectivity index (χ2v) is 7.10. The molecule has 0 spiro atoms. The minimum Gasteiger partial charge on any atom is -0.497 e. The van der Waals surface area contributed by atoms with Gasteiger partial charge < -0.3 is 14.8 Å². The molecule has 0 aromatic carbocycles. The molecule has 0 saturated carbocycles. The van der Waals surface area contributed by atoms with Gasteiger partial charge in [0, 0.05) is 6.08 Å². The number of aromatic nitrogens is 2. The molecule has 7 nitrogen and oxygen atoms in total. The summed E-state index contributed by atoms with van der Waals surface area (Å²) < 4.78 is 12.3. The van der Waals surface area contributed by atoms with Crippen molar-refractivity contribution in [2.24, 2.45) is 11.8 Å². The Morgan fingerprint density at radius 2 is 2.08 bits per heavy atom. The molecule has 3 atom stereocenters. The summed E-state index contributed by atoms with van der Waals surface area (Å²) in [5.74, 6) is 1.20. The van der Waals surface area contributed by atoms with E-state index in [0.717, 1.165) is 6.42 Å². The predicted molar refractivity (Wildman–Crippen MR) is 97.5 cm³/mol. The Morgan fingerprint density at radius 3 is 2.69 bits per heavy atom. The largest absolute Gasteiger partial charge is 0.497 e. The van der Waals surface area contributed by atoms with Gasteiger partial charge >= 0.3 is 0 Å². The number of rotatable bonds is 4. The number of nitrogens with zero attached hydrogens (tertiary/aromatic N) is 2. The third-order valence-electron chi connectivity index (χ3n) is 5.04. The van der Waals surface area contributed by atoms with Gasteiger partial charge in [-0.1, -0.05) is 34.1 Å². The minimum absolute atomic E-state index is 0.0557. The van der Waals surface area contributed by atoms with E-state index in [-0.39, 0.29) is 35.2 Å². The Balaban J connectivity index is 2.29. The van der Waals surface area contributed by atoms with Crippen molar-refractivity contribution in [2.45, 2.75) is 46.2 Å². The van der Waals surface area contributed by atoms with Gasteiger partial charge in [0.05, 0.1) is 19.4 Å². The van der Waals surface area contributed by atoms with Crippen molar-refractivity contribution in [3.63, 3.8) is 0 Å². The van der Waals surface area contributed by atoms with Crippen LogP contribution in [0.5, 0.6) is 5.88 Å². The summed E-state index contributed by atoms with van der Waals surface area (Å²) in [6, 6.07) is -0.937. The molecule has 1 unspecified atom stereocenters. The van der Waals surface area contributed by atoms with E-state index in [9.17, 15) is 9.59 Å². The first-order valence-electron chi connectivity index (χ1n) is 8.94. The van der Waals surface area contributed by atoms with E-state index in [1.165, 1.54) is 17.9 Å². The van der Waals surface area contributed by atoms with Gasteiger partial charge in [-0.25, -0.2) is 0 Å². The van der Waals surface area contributed by atoms with Gasteiger partial charge in [0.2, 0.25) is 11.8 Å². The molecule has 0 bridgehead atoms. The number of allylic oxidation sites excluding steroid dienone is 1. The highest BCUT2D eigenvalue weighted by molar-refractivity contribution is 5.82. The topological polar surface area (TPSA) is 82.5 Å². The standard InChI is InChI=1S/C19H25N3O4/c1-6-11(4)14-16-21-18-13(9-12(25-5)7-8-26-18)19(24)22(16)15(10(2)3)17(23)20-14/h7-11,14-15H,6H2,1-5H3,(H,20,23)/t11?,14-,15+/m1/s1. The predicted octanol–water partition coefficient (Wildman–Crippen LogP) is 2.55. The molecule has 140 valence electrons. The van der Waals surface area contributed by atoms with Crippen LogP contribution in [0.1, 0.15) is 57.6 Å². The molecule has 3 heterocycles. The number of ether oxygens (including phenoxy) is 2. The zero-order valence-corrected chi connectivity index (χ0v) is 15.8. The van der Waals surface area contributed by atoms with Gasteiger partial charge in [-0.05, 0) is 17.9 Å². The number of carbonyl (C=O) groups excluding carboxylic acids is 1. The van der Waals surface area contributed by atoms with Crippen LogP contribution in [0.15, 0.2) is 22.9 Å². The molecule has 1 amide bonds. The van der Waals surface area contributed by atoms with Gasteiger partial charge in [0.1, 0.15) is 23.2 Å². The van der Waals surface area contributed by atoms with Crippen molar-refractivity contribution in [3.8, 4) is 5.88 Å². The first-order valence-corrected chi connectivity index (χ1v) is 8.94. The molecule has 0 radical (unpaired) electrons. The maximum atomic E-state index is 13.3. The Morgan fingerprint density at radius 1 is 1.35 bits per heavy atom. The first kappa shape index (κ1) is 18.2. The molecule has 1 aromatic rings. The molecule has 7 heteroatoms. The molecular weight excluding hydrogens is 334 g/mol. The van der Waals surface area contributed by atoms with E-state index in [1.54, 1.807) is 12.2 Å². The lowest BCUT2D eigenvalue weighted by molar-refractivity contribution is -0.128. The monoisotopic (exact) mass is 359 g/mol. The van der Waals surface area contributed by atoms with E-state index < -0.39 is 6.04 Å². The summed E-state index contributed by atoms with van der Waals surface area (Å²) in [4.78, 5) is 30.7. The van der Waals surface area contributed by atoms with Gasteiger partial charge in [0.15, 0.2) is 0 Å². The van der Waals surface area contributed by atoms with Crippen molar-refractivity contribution in [1.82, 2.24) is 14.9 Å². The molecule has 3 rings (SSSR count). The molecule has 0 fully saturated rings. The molecule has 2 aliphatic rings. The lowest BCUT2D eigenvalue weighted by Crippen LogP contribution is -2.51. The van der Waals surface area contributed by atoms with E-state index in [4.69, 9.17) is 9.47 Å². The van der Waals surface area contributed by atoms with Crippen LogP contribution in [0.2, 0.25) is 0 Å². The van der Waals surface area contributed by atoms with Crippen LogP contribution in [-0.4, -0.2) is 22.6 Å². The Labute approximate surface area is 152 Å². The summed E-state index contributed by atoms with van der Waals surface area (Å²) in [6.07, 6.45) is 5.52. The molecular formula is C19H25N3O4. The Kier molecular flexibility index (Phi) is 4.89. The van der Waals surface area contributed by atoms with E-state index in [0.29, 0.717) is 17.1 Å². The highest BCUT2D eigenvalue weighted by atomic mass is 16.5. The van der Waals surface area contributed by atoms with Crippen molar-refractivity contribution in [2.75, 3.05) is 7.11 Å². The SMILES string of the molecule is CCC(C)[C@H]1NC(=O)[C@H](C(C)C)n2c1nc1c(c2=O)C=C(OC)C=CO1. The van der Waals surface area contributed by atoms with Crippen LogP contribution in [0, 0.1) is 11.8 Å². The number of methoxy groups -OCH3 is 1. The lowest BCUT2D eigenvalue weighted by Gasteiger charge is -2.37. The Hall–Kier alpha value is -2.57. The summed E-state index contributed by atoms with van der Waals surface area (Å²) in [5.41, 5.74) is 0.00366. The number of nitrogens with one attached hydrogen (secondary N) is 1. The van der Waals surface area contributed by atoms with Crippen LogP contribution >= 0.6 is 0 Å². The molecule has 1 aromatic heterocycles. The number of hydrogen-bond donors (Lipinski definition) is 1. The third kappa shape index (κ3) is 2.91. The molecule has 26 heavy (non-hydrogen) atoms. The maximum absolute atomic E-state index is 13.3. The van der Waals surface area contributed by atoms with Gasteiger partial charge in [-0.3, -0.25) is 14.2 Å². The molecule has 2 aliphatic heterocycles. The highest BCUT2D eigenvalue weighted by Crippen LogP contribution is 2.34. The fourth-order valence-corrected chi connectivity index (χ4v) is 3.38. The van der Waals surface area contributed by atoms with Crippen molar-refractivity contribution in [3.05, 3.63) is 39.8 Å². The van der Waals surface area contributed by atoms with Gasteiger partial charge in [-0.2, -0.15) is 4.98 Å². The zero-order valence-electron chi connectivity index (χ0n) is 15.8. The number of amides is 1. The summed E-state index contributed by atoms with van der Waals surface area (Å²) in [5, 5.41) is 3.05. The van der Waals surface area contributed by atoms with Crippen LogP contribution in [0.4, 0.5) is 0 Å². The quantitative estimate of drug-likeness (QED) is 0.893. The average Bonchev–Trinajstić information content (AvgIpc) is 2.83. The summed E-state index contributed by atoms with van der Waals surface area (Å²) >= 11 is 0. The summed E-state index contributed by atoms with van der Waals surface area (Å²) in [7, 11) is 1.52. The molecule has 1 N–H and O–H groups in total. The van der Waals surface area contributed by atoms with Crippen LogP contribution in [0.3, 0.4) is 0 Å². The Bertz CT molecular complexity index is 838. The lowest BCUT2D eigenvalue weighted by atomic mass is 9.92. The molecule has 0 aliphatic carbocycles. The maximum Gasteiger partial charge on any atom is 0.265 e. The second-order valence-electron chi connectivity index (χ2n) is 7.10. The van der Waals surface area contributed by atoms with Crippen LogP contribution in [0.25, 0.3) is 6.08 Å². The van der Waals surface area contributed by atoms with Crippen molar-refractivity contribution < 1.29 is 14.3 Å². The van der Waals surface area contributed by atoms with E-state index in [2.05, 4.69) is 10.3 Å². The van der Waals surface area contributed by atoms with Gasteiger partial charge in [-0.15, -0.1) is 0 Å². The fourth-order valence-electron chi connectivity index (χ4n) is 3.38. The highest BCUT2D eigenvalue weighted by Gasteiger charge is 2.39. The fraction of sp³-hybridized carbons (Fsp3) is 0.526. The smallest absolute Gasteiger partial charge is 0.265 e. The van der Waals surface area contributed by atoms with Crippen molar-refractivity contribution >= 4 is 12.0 Å². The van der Waals surface area contributed by atoms with E-state index in [1.807, 2.05) is 27.7 Å². The average molecular weight is 359 g/mol. The minimum atomic E-state index is -0.605. The van der Waals surface area contributed by atoms with Crippen LogP contribution in [-0.2, 0) is 9.53 Å². The molecule has 0 saturated heterocycles. The van der Waals surface area contributed by atoms with Gasteiger partial charge in [0.25, 0.3) is 5.56 Å². The zero-order chi connectivity index (χ0) is 19.0. The first-order chi connectivity index (χ1) is 12.4. The number of fused-ring (bicyclic) bond motifs is 2. The second kappa shape index (κ2) is 6.97. The third-order valence-corrected chi connectivity index (χ3v) is 5.04. The number of carbonyl (C=O) groups is 1.